The van der Waals surface area contributed by atoms with E-state index < -0.39 is 0 Å². The summed E-state index contributed by atoms with van der Waals surface area (Å²) in [5.41, 5.74) is 7.71. The summed E-state index contributed by atoms with van der Waals surface area (Å²) in [6, 6.07) is 37.6. The summed E-state index contributed by atoms with van der Waals surface area (Å²) in [5, 5.41) is 0. The molecular formula is C30H21IrN3-2. The number of benzene rings is 3. The van der Waals surface area contributed by atoms with Crippen LogP contribution in [0.4, 0.5) is 5.69 Å². The first-order valence-electron chi connectivity index (χ1n) is 10.5. The van der Waals surface area contributed by atoms with Gasteiger partial charge in [-0.3, -0.25) is 4.85 Å². The van der Waals surface area contributed by atoms with Crippen molar-refractivity contribution in [3.05, 3.63) is 139 Å². The summed E-state index contributed by atoms with van der Waals surface area (Å²) in [4.78, 5) is 12.2. The van der Waals surface area contributed by atoms with Gasteiger partial charge in [-0.15, -0.1) is 59.7 Å². The van der Waals surface area contributed by atoms with Gasteiger partial charge in [-0.2, -0.15) is 6.07 Å². The van der Waals surface area contributed by atoms with E-state index in [1.54, 1.807) is 24.5 Å². The van der Waals surface area contributed by atoms with Crippen LogP contribution in [0, 0.1) is 25.6 Å². The first-order valence-corrected chi connectivity index (χ1v) is 10.5. The first-order chi connectivity index (χ1) is 16.3. The Kier molecular flexibility index (Phi) is 9.00. The van der Waals surface area contributed by atoms with Gasteiger partial charge < -0.3 is 9.97 Å². The van der Waals surface area contributed by atoms with Crippen LogP contribution in [0.2, 0.25) is 0 Å². The Morgan fingerprint density at radius 1 is 0.735 bits per heavy atom. The zero-order valence-electron chi connectivity index (χ0n) is 18.6. The van der Waals surface area contributed by atoms with Crippen LogP contribution >= 0.6 is 0 Å². The second-order valence-electron chi connectivity index (χ2n) is 7.28. The minimum absolute atomic E-state index is 0. The normalized spacial score (nSPS) is 9.65. The molecule has 34 heavy (non-hydrogen) atoms. The maximum Gasteiger partial charge on any atom is 0.108 e. The number of rotatable bonds is 3. The van der Waals surface area contributed by atoms with Crippen LogP contribution in [-0.4, -0.2) is 9.97 Å². The van der Waals surface area contributed by atoms with Crippen LogP contribution in [0.3, 0.4) is 0 Å². The SMILES string of the molecule is [C-]#[N+]c1cc[c-]c(-c2nccc(C)c2-c2ccccc2)c1.[Ir].[c-]1ccccc1-c1ccccn1. The van der Waals surface area contributed by atoms with E-state index in [1.807, 2.05) is 72.8 Å². The van der Waals surface area contributed by atoms with E-state index in [9.17, 15) is 0 Å². The van der Waals surface area contributed by atoms with Gasteiger partial charge in [0.1, 0.15) is 5.69 Å². The standard InChI is InChI=1S/C19H13N2.C11H8N.Ir/c1-14-11-12-21-19(16-9-6-10-17(13-16)20-2)18(14)15-7-4-3-5-8-15;1-2-6-10(7-3-1)11-8-4-5-9-12-11;/h3-8,10-13H,1H3;1-6,8-9H;/q2*-1;. The van der Waals surface area contributed by atoms with Crippen molar-refractivity contribution in [2.75, 3.05) is 0 Å². The number of aromatic nitrogens is 2. The summed E-state index contributed by atoms with van der Waals surface area (Å²) in [5.74, 6) is 0. The second-order valence-corrected chi connectivity index (χ2v) is 7.28. The molecule has 0 unspecified atom stereocenters. The van der Waals surface area contributed by atoms with Gasteiger partial charge in [0, 0.05) is 32.5 Å². The van der Waals surface area contributed by atoms with Crippen molar-refractivity contribution in [3.63, 3.8) is 0 Å². The first kappa shape index (κ1) is 24.7. The third-order valence-electron chi connectivity index (χ3n) is 5.04. The van der Waals surface area contributed by atoms with Crippen LogP contribution < -0.4 is 0 Å². The fraction of sp³-hybridized carbons (Fsp3) is 0.0333. The van der Waals surface area contributed by atoms with Crippen LogP contribution in [-0.2, 0) is 20.1 Å². The number of hydrogen-bond donors (Lipinski definition) is 0. The summed E-state index contributed by atoms with van der Waals surface area (Å²) < 4.78 is 0. The molecule has 0 aliphatic carbocycles. The molecule has 0 aliphatic rings. The number of hydrogen-bond acceptors (Lipinski definition) is 2. The van der Waals surface area contributed by atoms with E-state index in [0.29, 0.717) is 5.69 Å². The van der Waals surface area contributed by atoms with E-state index in [2.05, 4.69) is 46.0 Å². The van der Waals surface area contributed by atoms with Crippen molar-refractivity contribution in [2.24, 2.45) is 0 Å². The summed E-state index contributed by atoms with van der Waals surface area (Å²) in [6.45, 7) is 9.23. The largest absolute Gasteiger partial charge is 0.305 e. The average molecular weight is 616 g/mol. The van der Waals surface area contributed by atoms with Gasteiger partial charge >= 0.3 is 0 Å². The number of aryl methyl sites for hydroxylation is 1. The molecule has 0 fully saturated rings. The molecule has 0 aliphatic heterocycles. The van der Waals surface area contributed by atoms with E-state index in [-0.39, 0.29) is 20.1 Å². The second kappa shape index (κ2) is 12.4. The maximum atomic E-state index is 7.15. The Morgan fingerprint density at radius 2 is 1.50 bits per heavy atom. The van der Waals surface area contributed by atoms with Crippen molar-refractivity contribution in [2.45, 2.75) is 6.92 Å². The molecule has 2 heterocycles. The Morgan fingerprint density at radius 3 is 2.21 bits per heavy atom. The zero-order valence-corrected chi connectivity index (χ0v) is 21.0. The van der Waals surface area contributed by atoms with Gasteiger partial charge in [0.25, 0.3) is 0 Å². The molecule has 0 atom stereocenters. The molecule has 2 aromatic heterocycles. The molecule has 167 valence electrons. The number of pyridine rings is 2. The molecular weight excluding hydrogens is 595 g/mol. The van der Waals surface area contributed by atoms with Crippen LogP contribution in [0.25, 0.3) is 38.5 Å². The summed E-state index contributed by atoms with van der Waals surface area (Å²) >= 11 is 0. The quantitative estimate of drug-likeness (QED) is 0.196. The Balaban J connectivity index is 0.000000212. The topological polar surface area (TPSA) is 30.1 Å². The molecule has 5 rings (SSSR count). The molecule has 4 heteroatoms. The van der Waals surface area contributed by atoms with Crippen LogP contribution in [0.5, 0.6) is 0 Å². The van der Waals surface area contributed by atoms with Gasteiger partial charge in [-0.05, 0) is 47.1 Å². The molecule has 0 spiro atoms. The van der Waals surface area contributed by atoms with E-state index >= 15 is 0 Å². The molecule has 0 saturated heterocycles. The molecule has 3 aromatic carbocycles. The Labute approximate surface area is 214 Å². The molecule has 5 aromatic rings. The average Bonchev–Trinajstić information content (AvgIpc) is 2.90. The zero-order chi connectivity index (χ0) is 22.9. The van der Waals surface area contributed by atoms with Crippen LogP contribution in [0.1, 0.15) is 5.56 Å². The van der Waals surface area contributed by atoms with E-state index in [0.717, 1.165) is 39.2 Å². The van der Waals surface area contributed by atoms with Crippen molar-refractivity contribution in [1.82, 2.24) is 9.97 Å². The predicted octanol–water partition coefficient (Wildman–Crippen LogP) is 7.62. The molecule has 3 nitrogen and oxygen atoms in total. The fourth-order valence-corrected chi connectivity index (χ4v) is 3.47. The molecule has 0 bridgehead atoms. The monoisotopic (exact) mass is 616 g/mol. The third kappa shape index (κ3) is 6.11. The van der Waals surface area contributed by atoms with Crippen molar-refractivity contribution < 1.29 is 20.1 Å². The summed E-state index contributed by atoms with van der Waals surface area (Å²) in [6.07, 6.45) is 3.59. The molecule has 0 amide bonds. The number of nitrogens with zero attached hydrogens (tertiary/aromatic N) is 3. The summed E-state index contributed by atoms with van der Waals surface area (Å²) in [7, 11) is 0. The van der Waals surface area contributed by atoms with Gasteiger partial charge in [0.2, 0.25) is 0 Å². The fourth-order valence-electron chi connectivity index (χ4n) is 3.47. The van der Waals surface area contributed by atoms with E-state index in [4.69, 9.17) is 6.57 Å². The van der Waals surface area contributed by atoms with Gasteiger partial charge in [-0.1, -0.05) is 42.5 Å². The minimum atomic E-state index is 0. The van der Waals surface area contributed by atoms with Gasteiger partial charge in [-0.25, -0.2) is 0 Å². The van der Waals surface area contributed by atoms with Crippen molar-refractivity contribution in [3.8, 4) is 33.6 Å². The van der Waals surface area contributed by atoms with Crippen LogP contribution in [0.15, 0.2) is 109 Å². The smallest absolute Gasteiger partial charge is 0.108 e. The molecule has 0 N–H and O–H groups in total. The molecule has 0 saturated carbocycles. The van der Waals surface area contributed by atoms with Crippen molar-refractivity contribution in [1.29, 1.82) is 0 Å². The Bertz CT molecular complexity index is 1330. The minimum Gasteiger partial charge on any atom is -0.305 e. The van der Waals surface area contributed by atoms with Crippen molar-refractivity contribution >= 4 is 5.69 Å². The van der Waals surface area contributed by atoms with Gasteiger partial charge in [0.05, 0.1) is 6.57 Å². The van der Waals surface area contributed by atoms with Gasteiger partial charge in [0.15, 0.2) is 0 Å². The predicted molar refractivity (Wildman–Crippen MR) is 133 cm³/mol. The maximum absolute atomic E-state index is 7.15. The Hall–Kier alpha value is -3.90. The third-order valence-corrected chi connectivity index (χ3v) is 5.04. The van der Waals surface area contributed by atoms with E-state index in [1.165, 1.54) is 0 Å². The molecule has 1 radical (unpaired) electrons.